The fraction of sp³-hybridized carbons (Fsp3) is 0.435. The summed E-state index contributed by atoms with van der Waals surface area (Å²) in [6.45, 7) is 8.02. The van der Waals surface area contributed by atoms with Crippen LogP contribution in [-0.2, 0) is 13.0 Å². The topological polar surface area (TPSA) is 47.3 Å². The highest BCUT2D eigenvalue weighted by Crippen LogP contribution is 2.23. The average Bonchev–Trinajstić information content (AvgIpc) is 2.99. The molecule has 0 aliphatic heterocycles. The maximum absolute atomic E-state index is 9.21. The Morgan fingerprint density at radius 3 is 2.54 bits per heavy atom. The summed E-state index contributed by atoms with van der Waals surface area (Å²) in [6.07, 6.45) is 3.51. The molecular formula is C23H29ClN2O2. The second-order valence-electron chi connectivity index (χ2n) is 7.40. The van der Waals surface area contributed by atoms with E-state index in [1.807, 2.05) is 25.1 Å². The fourth-order valence-electron chi connectivity index (χ4n) is 3.38. The van der Waals surface area contributed by atoms with Crippen molar-refractivity contribution in [3.05, 3.63) is 57.9 Å². The van der Waals surface area contributed by atoms with Gasteiger partial charge in [-0.15, -0.1) is 0 Å². The molecule has 0 unspecified atom stereocenters. The summed E-state index contributed by atoms with van der Waals surface area (Å²) >= 11 is 6.06. The lowest BCUT2D eigenvalue weighted by molar-refractivity contribution is 0.286. The van der Waals surface area contributed by atoms with Crippen LogP contribution in [0.5, 0.6) is 5.75 Å². The Morgan fingerprint density at radius 2 is 1.79 bits per heavy atom. The molecule has 0 amide bonds. The Balaban J connectivity index is 1.63. The van der Waals surface area contributed by atoms with Gasteiger partial charge in [0.1, 0.15) is 11.6 Å². The minimum atomic E-state index is 0.190. The second-order valence-corrected chi connectivity index (χ2v) is 7.81. The number of unbranched alkanes of at least 4 members (excludes halogenated alkanes) is 1. The largest absolute Gasteiger partial charge is 0.494 e. The molecule has 5 heteroatoms. The Bertz CT molecular complexity index is 949. The van der Waals surface area contributed by atoms with Crippen LogP contribution in [0, 0.1) is 20.8 Å². The third-order valence-electron chi connectivity index (χ3n) is 5.18. The number of imidazole rings is 1. The van der Waals surface area contributed by atoms with Crippen LogP contribution in [0.2, 0.25) is 5.02 Å². The molecule has 3 aromatic rings. The Kier molecular flexibility index (Phi) is 6.97. The maximum Gasteiger partial charge on any atom is 0.119 e. The normalized spacial score (nSPS) is 11.3. The number of aliphatic hydroxyl groups excluding tert-OH is 1. The van der Waals surface area contributed by atoms with E-state index in [4.69, 9.17) is 21.3 Å². The van der Waals surface area contributed by atoms with Crippen LogP contribution >= 0.6 is 11.6 Å². The molecule has 0 bridgehead atoms. The van der Waals surface area contributed by atoms with Gasteiger partial charge in [-0.05, 0) is 87.1 Å². The second kappa shape index (κ2) is 9.44. The van der Waals surface area contributed by atoms with Crippen LogP contribution in [-0.4, -0.2) is 27.9 Å². The summed E-state index contributed by atoms with van der Waals surface area (Å²) in [5.41, 5.74) is 5.80. The SMILES string of the molecule is Cc1cc2nc(CCCO)n(CCCCOc3ccc(Cl)c(C)c3)c2cc1C. The van der Waals surface area contributed by atoms with Crippen molar-refractivity contribution in [2.75, 3.05) is 13.2 Å². The van der Waals surface area contributed by atoms with Crippen molar-refractivity contribution >= 4 is 22.6 Å². The molecule has 0 saturated heterocycles. The lowest BCUT2D eigenvalue weighted by atomic mass is 10.1. The van der Waals surface area contributed by atoms with Gasteiger partial charge < -0.3 is 14.4 Å². The van der Waals surface area contributed by atoms with Gasteiger partial charge in [-0.3, -0.25) is 0 Å². The smallest absolute Gasteiger partial charge is 0.119 e. The van der Waals surface area contributed by atoms with E-state index in [9.17, 15) is 5.11 Å². The molecule has 150 valence electrons. The zero-order valence-electron chi connectivity index (χ0n) is 17.0. The van der Waals surface area contributed by atoms with E-state index < -0.39 is 0 Å². The van der Waals surface area contributed by atoms with E-state index in [2.05, 4.69) is 30.5 Å². The molecule has 1 aromatic heterocycles. The number of halogens is 1. The monoisotopic (exact) mass is 400 g/mol. The molecule has 2 aromatic carbocycles. The van der Waals surface area contributed by atoms with E-state index in [1.165, 1.54) is 16.6 Å². The van der Waals surface area contributed by atoms with Gasteiger partial charge in [0.15, 0.2) is 0 Å². The molecule has 1 N–H and O–H groups in total. The lowest BCUT2D eigenvalue weighted by Gasteiger charge is -2.11. The minimum Gasteiger partial charge on any atom is -0.494 e. The third kappa shape index (κ3) is 4.86. The number of hydrogen-bond donors (Lipinski definition) is 1. The van der Waals surface area contributed by atoms with Crippen LogP contribution in [0.15, 0.2) is 30.3 Å². The van der Waals surface area contributed by atoms with Crippen LogP contribution in [0.25, 0.3) is 11.0 Å². The van der Waals surface area contributed by atoms with Crippen molar-refractivity contribution < 1.29 is 9.84 Å². The Morgan fingerprint density at radius 1 is 1.00 bits per heavy atom. The first-order chi connectivity index (χ1) is 13.5. The molecule has 0 radical (unpaired) electrons. The fourth-order valence-corrected chi connectivity index (χ4v) is 3.49. The number of aryl methyl sites for hydroxylation is 5. The molecular weight excluding hydrogens is 372 g/mol. The highest BCUT2D eigenvalue weighted by atomic mass is 35.5. The van der Waals surface area contributed by atoms with Crippen molar-refractivity contribution in [3.63, 3.8) is 0 Å². The highest BCUT2D eigenvalue weighted by molar-refractivity contribution is 6.31. The van der Waals surface area contributed by atoms with Gasteiger partial charge in [-0.1, -0.05) is 11.6 Å². The number of aromatic nitrogens is 2. The summed E-state index contributed by atoms with van der Waals surface area (Å²) in [7, 11) is 0. The number of nitrogens with zero attached hydrogens (tertiary/aromatic N) is 2. The summed E-state index contributed by atoms with van der Waals surface area (Å²) in [6, 6.07) is 10.2. The summed E-state index contributed by atoms with van der Waals surface area (Å²) in [5.74, 6) is 1.92. The number of fused-ring (bicyclic) bond motifs is 1. The molecule has 28 heavy (non-hydrogen) atoms. The molecule has 3 rings (SSSR count). The molecule has 4 nitrogen and oxygen atoms in total. The number of rotatable bonds is 9. The molecule has 0 spiro atoms. The van der Waals surface area contributed by atoms with Gasteiger partial charge in [0.2, 0.25) is 0 Å². The summed E-state index contributed by atoms with van der Waals surface area (Å²) in [4.78, 5) is 4.82. The first-order valence-corrected chi connectivity index (χ1v) is 10.3. The van der Waals surface area contributed by atoms with E-state index in [1.54, 1.807) is 0 Å². The molecule has 0 atom stereocenters. The van der Waals surface area contributed by atoms with E-state index in [0.29, 0.717) is 6.61 Å². The number of aliphatic hydroxyl groups is 1. The van der Waals surface area contributed by atoms with E-state index >= 15 is 0 Å². The molecule has 1 heterocycles. The van der Waals surface area contributed by atoms with Crippen molar-refractivity contribution in [3.8, 4) is 5.75 Å². The molecule has 0 aliphatic carbocycles. The van der Waals surface area contributed by atoms with E-state index in [-0.39, 0.29) is 6.61 Å². The predicted molar refractivity (Wildman–Crippen MR) is 116 cm³/mol. The van der Waals surface area contributed by atoms with Gasteiger partial charge in [0, 0.05) is 24.6 Å². The zero-order chi connectivity index (χ0) is 20.1. The average molecular weight is 401 g/mol. The van der Waals surface area contributed by atoms with E-state index in [0.717, 1.165) is 59.9 Å². The minimum absolute atomic E-state index is 0.190. The first kappa shape index (κ1) is 20.7. The van der Waals surface area contributed by atoms with Gasteiger partial charge in [0.05, 0.1) is 17.6 Å². The quantitative estimate of drug-likeness (QED) is 0.489. The number of hydrogen-bond acceptors (Lipinski definition) is 3. The van der Waals surface area contributed by atoms with Crippen molar-refractivity contribution in [1.29, 1.82) is 0 Å². The highest BCUT2D eigenvalue weighted by Gasteiger charge is 2.12. The number of ether oxygens (including phenoxy) is 1. The van der Waals surface area contributed by atoms with Crippen LogP contribution < -0.4 is 4.74 Å². The van der Waals surface area contributed by atoms with Crippen LogP contribution in [0.1, 0.15) is 41.8 Å². The van der Waals surface area contributed by atoms with Crippen molar-refractivity contribution in [2.24, 2.45) is 0 Å². The summed E-state index contributed by atoms with van der Waals surface area (Å²) < 4.78 is 8.17. The molecule has 0 fully saturated rings. The Labute approximate surface area is 172 Å². The van der Waals surface area contributed by atoms with Crippen LogP contribution in [0.4, 0.5) is 0 Å². The zero-order valence-corrected chi connectivity index (χ0v) is 17.7. The summed E-state index contributed by atoms with van der Waals surface area (Å²) in [5, 5.41) is 9.97. The molecule has 0 saturated carbocycles. The van der Waals surface area contributed by atoms with Gasteiger partial charge in [0.25, 0.3) is 0 Å². The molecule has 0 aliphatic rings. The Hall–Kier alpha value is -2.04. The van der Waals surface area contributed by atoms with Gasteiger partial charge >= 0.3 is 0 Å². The van der Waals surface area contributed by atoms with Gasteiger partial charge in [-0.2, -0.15) is 0 Å². The standard InChI is InChI=1S/C23H29ClN2O2/c1-16-14-21-22(15-17(16)2)26(23(25-21)7-6-11-27)10-4-5-12-28-19-8-9-20(24)18(3)13-19/h8-9,13-15,27H,4-7,10-12H2,1-3H3. The maximum atomic E-state index is 9.21. The van der Waals surface area contributed by atoms with Crippen molar-refractivity contribution in [2.45, 2.75) is 53.0 Å². The third-order valence-corrected chi connectivity index (χ3v) is 5.60. The predicted octanol–water partition coefficient (Wildman–Crippen LogP) is 5.40. The van der Waals surface area contributed by atoms with Crippen LogP contribution in [0.3, 0.4) is 0 Å². The lowest BCUT2D eigenvalue weighted by Crippen LogP contribution is -2.07. The van der Waals surface area contributed by atoms with Gasteiger partial charge in [-0.25, -0.2) is 4.98 Å². The first-order valence-electron chi connectivity index (χ1n) is 9.95. The number of benzene rings is 2. The van der Waals surface area contributed by atoms with Crippen molar-refractivity contribution in [1.82, 2.24) is 9.55 Å².